The minimum Gasteiger partial charge on any atom is -0.494 e. The number of hydrogen-bond acceptors (Lipinski definition) is 8. The molecule has 1 fully saturated rings. The number of aliphatic hydroxyl groups is 6. The van der Waals surface area contributed by atoms with Gasteiger partial charge in [0, 0.05) is 5.56 Å². The van der Waals surface area contributed by atoms with E-state index in [1.807, 2.05) is 31.2 Å². The van der Waals surface area contributed by atoms with E-state index in [0.717, 1.165) is 11.3 Å². The lowest BCUT2D eigenvalue weighted by molar-refractivity contribution is -0.364. The van der Waals surface area contributed by atoms with Crippen LogP contribution >= 0.6 is 0 Å². The van der Waals surface area contributed by atoms with Crippen molar-refractivity contribution in [3.05, 3.63) is 64.7 Å². The Morgan fingerprint density at radius 2 is 1.68 bits per heavy atom. The maximum absolute atomic E-state index is 11.4. The molecular weight excluding hydrogens is 404 g/mol. The van der Waals surface area contributed by atoms with Gasteiger partial charge >= 0.3 is 0 Å². The number of benzene rings is 2. The Kier molecular flexibility index (Phi) is 7.33. The van der Waals surface area contributed by atoms with Crippen molar-refractivity contribution in [2.24, 2.45) is 0 Å². The SMILES string of the molecule is CCOc1ccc(Cc2ccc(CO)cc2[C@@]2(O)O[C@H]([C@H](C)O)[C@@H](O)[C@H](O)[C@H]2O)cc1. The van der Waals surface area contributed by atoms with E-state index in [9.17, 15) is 30.6 Å². The molecule has 1 aliphatic heterocycles. The van der Waals surface area contributed by atoms with Crippen LogP contribution in [0.25, 0.3) is 0 Å². The fourth-order valence-corrected chi connectivity index (χ4v) is 3.87. The molecule has 2 aromatic rings. The zero-order valence-electron chi connectivity index (χ0n) is 17.5. The van der Waals surface area contributed by atoms with Crippen molar-refractivity contribution in [2.75, 3.05) is 6.61 Å². The highest BCUT2D eigenvalue weighted by Gasteiger charge is 2.55. The molecule has 31 heavy (non-hydrogen) atoms. The summed E-state index contributed by atoms with van der Waals surface area (Å²) >= 11 is 0. The third-order valence-corrected chi connectivity index (χ3v) is 5.57. The second-order valence-electron chi connectivity index (χ2n) is 7.85. The van der Waals surface area contributed by atoms with Crippen LogP contribution in [0, 0.1) is 0 Å². The van der Waals surface area contributed by atoms with E-state index in [0.29, 0.717) is 24.2 Å². The van der Waals surface area contributed by atoms with E-state index in [4.69, 9.17) is 9.47 Å². The van der Waals surface area contributed by atoms with Gasteiger partial charge in [-0.1, -0.05) is 24.3 Å². The summed E-state index contributed by atoms with van der Waals surface area (Å²) in [6.45, 7) is 3.48. The Hall–Kier alpha value is -2.04. The van der Waals surface area contributed by atoms with Crippen LogP contribution in [0.3, 0.4) is 0 Å². The van der Waals surface area contributed by atoms with Crippen molar-refractivity contribution in [2.45, 2.75) is 63.2 Å². The number of ether oxygens (including phenoxy) is 2. The van der Waals surface area contributed by atoms with Crippen molar-refractivity contribution in [3.8, 4) is 5.75 Å². The van der Waals surface area contributed by atoms with E-state index in [-0.39, 0.29) is 12.2 Å². The molecule has 0 bridgehead atoms. The predicted octanol–water partition coefficient (Wildman–Crippen LogP) is 0.176. The van der Waals surface area contributed by atoms with Crippen molar-refractivity contribution >= 4 is 0 Å². The van der Waals surface area contributed by atoms with Crippen molar-refractivity contribution in [1.82, 2.24) is 0 Å². The Bertz CT molecular complexity index is 868. The zero-order valence-corrected chi connectivity index (χ0v) is 17.5. The molecular formula is C23H30O8. The molecule has 1 heterocycles. The fraction of sp³-hybridized carbons (Fsp3) is 0.478. The molecule has 0 unspecified atom stereocenters. The van der Waals surface area contributed by atoms with Crippen molar-refractivity contribution in [1.29, 1.82) is 0 Å². The molecule has 170 valence electrons. The lowest BCUT2D eigenvalue weighted by Gasteiger charge is -2.47. The van der Waals surface area contributed by atoms with Gasteiger partial charge in [-0.3, -0.25) is 0 Å². The molecule has 0 amide bonds. The fourth-order valence-electron chi connectivity index (χ4n) is 3.87. The molecule has 0 spiro atoms. The molecule has 3 rings (SSSR count). The topological polar surface area (TPSA) is 140 Å². The van der Waals surface area contributed by atoms with Crippen LogP contribution in [0.5, 0.6) is 5.75 Å². The average Bonchev–Trinajstić information content (AvgIpc) is 2.76. The highest BCUT2D eigenvalue weighted by atomic mass is 16.7. The summed E-state index contributed by atoms with van der Waals surface area (Å²) in [5, 5.41) is 62.0. The number of hydrogen-bond donors (Lipinski definition) is 6. The molecule has 0 radical (unpaired) electrons. The average molecular weight is 434 g/mol. The van der Waals surface area contributed by atoms with E-state index < -0.39 is 36.3 Å². The quantitative estimate of drug-likeness (QED) is 0.363. The summed E-state index contributed by atoms with van der Waals surface area (Å²) in [7, 11) is 0. The molecule has 0 aliphatic carbocycles. The monoisotopic (exact) mass is 434 g/mol. The van der Waals surface area contributed by atoms with Gasteiger partial charge in [0.1, 0.15) is 30.2 Å². The maximum Gasteiger partial charge on any atom is 0.222 e. The Labute approximate surface area is 180 Å². The largest absolute Gasteiger partial charge is 0.494 e. The lowest BCUT2D eigenvalue weighted by atomic mass is 9.83. The van der Waals surface area contributed by atoms with E-state index in [1.165, 1.54) is 13.0 Å². The van der Waals surface area contributed by atoms with Crippen LogP contribution in [-0.2, 0) is 23.6 Å². The first-order valence-corrected chi connectivity index (χ1v) is 10.3. The van der Waals surface area contributed by atoms with Crippen LogP contribution in [0.4, 0.5) is 0 Å². The minimum absolute atomic E-state index is 0.136. The van der Waals surface area contributed by atoms with Gasteiger partial charge in [0.2, 0.25) is 5.79 Å². The Morgan fingerprint density at radius 3 is 2.26 bits per heavy atom. The summed E-state index contributed by atoms with van der Waals surface area (Å²) in [6, 6.07) is 12.2. The second-order valence-corrected chi connectivity index (χ2v) is 7.85. The molecule has 0 aromatic heterocycles. The van der Waals surface area contributed by atoms with Crippen molar-refractivity contribution < 1.29 is 40.1 Å². The summed E-state index contributed by atoms with van der Waals surface area (Å²) in [5.41, 5.74) is 2.07. The van der Waals surface area contributed by atoms with Gasteiger partial charge in [0.05, 0.1) is 19.3 Å². The molecule has 1 saturated heterocycles. The first-order chi connectivity index (χ1) is 14.7. The standard InChI is InChI=1S/C23H30O8/c1-3-30-17-8-5-14(6-9-17)10-16-7-4-15(12-24)11-18(16)23(29)22(28)20(27)19(26)21(31-23)13(2)25/h4-9,11,13,19-22,24-29H,3,10,12H2,1-2H3/t13-,19-,20-,21+,22+,23+/m0/s1. The predicted molar refractivity (Wildman–Crippen MR) is 111 cm³/mol. The molecule has 8 nitrogen and oxygen atoms in total. The van der Waals surface area contributed by atoms with Gasteiger partial charge in [0.15, 0.2) is 0 Å². The summed E-state index contributed by atoms with van der Waals surface area (Å²) < 4.78 is 11.0. The van der Waals surface area contributed by atoms with Gasteiger partial charge in [-0.05, 0) is 55.2 Å². The van der Waals surface area contributed by atoms with Crippen LogP contribution < -0.4 is 4.74 Å². The molecule has 6 atom stereocenters. The van der Waals surface area contributed by atoms with E-state index in [1.54, 1.807) is 12.1 Å². The van der Waals surface area contributed by atoms with Gasteiger partial charge in [0.25, 0.3) is 0 Å². The first kappa shape index (κ1) is 23.6. The van der Waals surface area contributed by atoms with Gasteiger partial charge in [-0.25, -0.2) is 0 Å². The number of rotatable bonds is 7. The minimum atomic E-state index is -2.41. The third kappa shape index (κ3) is 4.75. The Morgan fingerprint density at radius 1 is 1.03 bits per heavy atom. The third-order valence-electron chi connectivity index (χ3n) is 5.57. The first-order valence-electron chi connectivity index (χ1n) is 10.3. The van der Waals surface area contributed by atoms with E-state index >= 15 is 0 Å². The van der Waals surface area contributed by atoms with E-state index in [2.05, 4.69) is 0 Å². The smallest absolute Gasteiger partial charge is 0.222 e. The van der Waals surface area contributed by atoms with Crippen LogP contribution in [0.2, 0.25) is 0 Å². The molecule has 8 heteroatoms. The second kappa shape index (κ2) is 9.62. The van der Waals surface area contributed by atoms with Crippen LogP contribution in [0.15, 0.2) is 42.5 Å². The van der Waals surface area contributed by atoms with Gasteiger partial charge in [-0.15, -0.1) is 0 Å². The van der Waals surface area contributed by atoms with Gasteiger partial charge < -0.3 is 40.1 Å². The summed E-state index contributed by atoms with van der Waals surface area (Å²) in [5.74, 6) is -1.69. The summed E-state index contributed by atoms with van der Waals surface area (Å²) in [6.07, 6.45) is -7.44. The molecule has 0 saturated carbocycles. The highest BCUT2D eigenvalue weighted by molar-refractivity contribution is 5.40. The molecule has 2 aromatic carbocycles. The molecule has 6 N–H and O–H groups in total. The maximum atomic E-state index is 11.4. The van der Waals surface area contributed by atoms with Crippen molar-refractivity contribution in [3.63, 3.8) is 0 Å². The van der Waals surface area contributed by atoms with Gasteiger partial charge in [-0.2, -0.15) is 0 Å². The van der Waals surface area contributed by atoms with Crippen LogP contribution in [-0.4, -0.2) is 67.8 Å². The highest BCUT2D eigenvalue weighted by Crippen LogP contribution is 2.39. The molecule has 1 aliphatic rings. The zero-order chi connectivity index (χ0) is 22.8. The van der Waals surface area contributed by atoms with Crippen LogP contribution in [0.1, 0.15) is 36.1 Å². The Balaban J connectivity index is 2.02. The summed E-state index contributed by atoms with van der Waals surface area (Å²) in [4.78, 5) is 0. The lowest BCUT2D eigenvalue weighted by Crippen LogP contribution is -2.65. The normalized spacial score (nSPS) is 29.5. The number of aliphatic hydroxyl groups excluding tert-OH is 5.